The summed E-state index contributed by atoms with van der Waals surface area (Å²) in [5, 5.41) is 3.91. The molecule has 2 aromatic carbocycles. The van der Waals surface area contributed by atoms with E-state index < -0.39 is 6.61 Å². The zero-order valence-corrected chi connectivity index (χ0v) is 14.8. The number of nitrogens with zero attached hydrogens (tertiary/aromatic N) is 1. The number of alkyl halides is 2. The lowest BCUT2D eigenvalue weighted by Gasteiger charge is -2.36. The van der Waals surface area contributed by atoms with Crippen molar-refractivity contribution in [3.63, 3.8) is 0 Å². The molecule has 1 N–H and O–H groups in total. The number of ether oxygens (including phenoxy) is 1. The van der Waals surface area contributed by atoms with E-state index in [1.807, 2.05) is 23.1 Å². The highest BCUT2D eigenvalue weighted by atomic mass is 35.5. The number of nitrogens with one attached hydrogen (secondary N) is 1. The van der Waals surface area contributed by atoms with Gasteiger partial charge in [0.1, 0.15) is 5.75 Å². The van der Waals surface area contributed by atoms with Gasteiger partial charge in [0.2, 0.25) is 5.91 Å². The Morgan fingerprint density at radius 1 is 1.27 bits per heavy atom. The molecule has 138 valence electrons. The van der Waals surface area contributed by atoms with Gasteiger partial charge >= 0.3 is 6.61 Å². The van der Waals surface area contributed by atoms with Gasteiger partial charge in [-0.25, -0.2) is 0 Å². The number of halogens is 3. The van der Waals surface area contributed by atoms with Gasteiger partial charge in [-0.1, -0.05) is 35.9 Å². The van der Waals surface area contributed by atoms with Crippen LogP contribution >= 0.6 is 11.6 Å². The predicted octanol–water partition coefficient (Wildman–Crippen LogP) is 3.66. The molecule has 3 rings (SSSR count). The minimum absolute atomic E-state index is 0.0528. The average molecular weight is 381 g/mol. The van der Waals surface area contributed by atoms with Gasteiger partial charge in [0.05, 0.1) is 12.5 Å². The first-order chi connectivity index (χ1) is 12.5. The summed E-state index contributed by atoms with van der Waals surface area (Å²) in [7, 11) is 0. The molecular weight excluding hydrogens is 362 g/mol. The molecule has 1 fully saturated rings. The minimum atomic E-state index is -2.89. The van der Waals surface area contributed by atoms with Crippen LogP contribution in [0.4, 0.5) is 8.78 Å². The number of piperazine rings is 1. The Balaban J connectivity index is 1.75. The topological polar surface area (TPSA) is 41.6 Å². The summed E-state index contributed by atoms with van der Waals surface area (Å²) < 4.78 is 29.1. The lowest BCUT2D eigenvalue weighted by atomic mass is 10.0. The van der Waals surface area contributed by atoms with Gasteiger partial charge in [0.25, 0.3) is 0 Å². The van der Waals surface area contributed by atoms with Crippen molar-refractivity contribution in [2.24, 2.45) is 0 Å². The number of amides is 1. The highest BCUT2D eigenvalue weighted by molar-refractivity contribution is 6.30. The SMILES string of the molecule is O=C(Cc1cccc(OC(F)F)c1)N1CCNCC1c1cccc(Cl)c1. The monoisotopic (exact) mass is 380 g/mol. The molecule has 1 heterocycles. The van der Waals surface area contributed by atoms with Crippen molar-refractivity contribution in [2.45, 2.75) is 19.1 Å². The van der Waals surface area contributed by atoms with Gasteiger partial charge in [-0.15, -0.1) is 0 Å². The zero-order valence-electron chi connectivity index (χ0n) is 14.0. The Morgan fingerprint density at radius 3 is 2.85 bits per heavy atom. The van der Waals surface area contributed by atoms with E-state index in [2.05, 4.69) is 10.1 Å². The number of rotatable bonds is 5. The molecule has 1 saturated heterocycles. The Bertz CT molecular complexity index is 773. The molecule has 0 aliphatic carbocycles. The predicted molar refractivity (Wildman–Crippen MR) is 95.6 cm³/mol. The maximum atomic E-state index is 12.8. The van der Waals surface area contributed by atoms with Crippen LogP contribution in [0.25, 0.3) is 0 Å². The quantitative estimate of drug-likeness (QED) is 0.860. The average Bonchev–Trinajstić information content (AvgIpc) is 2.61. The maximum Gasteiger partial charge on any atom is 0.387 e. The van der Waals surface area contributed by atoms with Crippen LogP contribution in [0, 0.1) is 0 Å². The molecule has 0 bridgehead atoms. The van der Waals surface area contributed by atoms with Crippen LogP contribution in [0.2, 0.25) is 5.02 Å². The number of benzene rings is 2. The van der Waals surface area contributed by atoms with E-state index in [1.165, 1.54) is 12.1 Å². The summed E-state index contributed by atoms with van der Waals surface area (Å²) in [6, 6.07) is 13.6. The molecule has 0 saturated carbocycles. The minimum Gasteiger partial charge on any atom is -0.435 e. The largest absolute Gasteiger partial charge is 0.435 e. The maximum absolute atomic E-state index is 12.8. The molecule has 26 heavy (non-hydrogen) atoms. The van der Waals surface area contributed by atoms with E-state index in [0.717, 1.165) is 5.56 Å². The van der Waals surface area contributed by atoms with Crippen molar-refractivity contribution in [3.05, 3.63) is 64.7 Å². The first kappa shape index (κ1) is 18.6. The summed E-state index contributed by atoms with van der Waals surface area (Å²) in [6.45, 7) is -0.970. The van der Waals surface area contributed by atoms with Gasteiger partial charge in [0.15, 0.2) is 0 Å². The number of hydrogen-bond donors (Lipinski definition) is 1. The third kappa shape index (κ3) is 4.71. The fraction of sp³-hybridized carbons (Fsp3) is 0.316. The molecular formula is C19H19ClF2N2O2. The molecule has 4 nitrogen and oxygen atoms in total. The molecule has 7 heteroatoms. The standard InChI is InChI=1S/C19H19ClF2N2O2/c20-15-5-2-4-14(11-15)17-12-23-7-8-24(17)18(25)10-13-3-1-6-16(9-13)26-19(21)22/h1-6,9,11,17,19,23H,7-8,10,12H2. The van der Waals surface area contributed by atoms with Crippen LogP contribution in [0.3, 0.4) is 0 Å². The molecule has 1 aliphatic heterocycles. The Kier molecular flexibility index (Phi) is 6.06. The van der Waals surface area contributed by atoms with Gasteiger partial charge < -0.3 is 15.0 Å². The van der Waals surface area contributed by atoms with Crippen LogP contribution in [-0.4, -0.2) is 37.1 Å². The summed E-state index contributed by atoms with van der Waals surface area (Å²) >= 11 is 6.08. The fourth-order valence-electron chi connectivity index (χ4n) is 3.12. The molecule has 1 unspecified atom stereocenters. The van der Waals surface area contributed by atoms with E-state index in [1.54, 1.807) is 18.2 Å². The highest BCUT2D eigenvalue weighted by Gasteiger charge is 2.28. The molecule has 0 spiro atoms. The molecule has 1 amide bonds. The Hall–Kier alpha value is -2.18. The van der Waals surface area contributed by atoms with Crippen molar-refractivity contribution < 1.29 is 18.3 Å². The zero-order chi connectivity index (χ0) is 18.5. The van der Waals surface area contributed by atoms with E-state index in [-0.39, 0.29) is 24.1 Å². The Labute approximate surface area is 155 Å². The number of carbonyl (C=O) groups is 1. The van der Waals surface area contributed by atoms with Crippen LogP contribution in [0.1, 0.15) is 17.2 Å². The normalized spacial score (nSPS) is 17.4. The lowest BCUT2D eigenvalue weighted by molar-refractivity contribution is -0.133. The molecule has 0 aromatic heterocycles. The lowest BCUT2D eigenvalue weighted by Crippen LogP contribution is -2.49. The van der Waals surface area contributed by atoms with Crippen molar-refractivity contribution in [1.82, 2.24) is 10.2 Å². The fourth-order valence-corrected chi connectivity index (χ4v) is 3.32. The third-order valence-corrected chi connectivity index (χ3v) is 4.51. The van der Waals surface area contributed by atoms with Crippen molar-refractivity contribution in [3.8, 4) is 5.75 Å². The van der Waals surface area contributed by atoms with E-state index in [4.69, 9.17) is 11.6 Å². The van der Waals surface area contributed by atoms with Crippen LogP contribution in [-0.2, 0) is 11.2 Å². The first-order valence-electron chi connectivity index (χ1n) is 8.32. The van der Waals surface area contributed by atoms with Crippen LogP contribution < -0.4 is 10.1 Å². The second-order valence-corrected chi connectivity index (χ2v) is 6.50. The highest BCUT2D eigenvalue weighted by Crippen LogP contribution is 2.26. The second-order valence-electron chi connectivity index (χ2n) is 6.06. The summed E-state index contributed by atoms with van der Waals surface area (Å²) in [5.41, 5.74) is 1.60. The first-order valence-corrected chi connectivity index (χ1v) is 8.70. The molecule has 2 aromatic rings. The molecule has 1 aliphatic rings. The summed E-state index contributed by atoms with van der Waals surface area (Å²) in [4.78, 5) is 14.7. The van der Waals surface area contributed by atoms with Gasteiger partial charge in [-0.05, 0) is 35.4 Å². The van der Waals surface area contributed by atoms with Crippen LogP contribution in [0.5, 0.6) is 5.75 Å². The van der Waals surface area contributed by atoms with Crippen molar-refractivity contribution in [1.29, 1.82) is 0 Å². The third-order valence-electron chi connectivity index (χ3n) is 4.28. The number of carbonyl (C=O) groups excluding carboxylic acids is 1. The van der Waals surface area contributed by atoms with Gasteiger partial charge in [-0.3, -0.25) is 4.79 Å². The van der Waals surface area contributed by atoms with E-state index in [0.29, 0.717) is 30.2 Å². The summed E-state index contributed by atoms with van der Waals surface area (Å²) in [5.74, 6) is -0.0114. The van der Waals surface area contributed by atoms with E-state index >= 15 is 0 Å². The smallest absolute Gasteiger partial charge is 0.387 e. The Morgan fingerprint density at radius 2 is 2.08 bits per heavy atom. The summed E-state index contributed by atoms with van der Waals surface area (Å²) in [6.07, 6.45) is 0.123. The van der Waals surface area contributed by atoms with Crippen molar-refractivity contribution in [2.75, 3.05) is 19.6 Å². The number of hydrogen-bond acceptors (Lipinski definition) is 3. The van der Waals surface area contributed by atoms with Gasteiger partial charge in [-0.2, -0.15) is 8.78 Å². The second kappa shape index (κ2) is 8.47. The van der Waals surface area contributed by atoms with Gasteiger partial charge in [0, 0.05) is 24.7 Å². The molecule has 1 atom stereocenters. The van der Waals surface area contributed by atoms with E-state index in [9.17, 15) is 13.6 Å². The van der Waals surface area contributed by atoms with Crippen molar-refractivity contribution >= 4 is 17.5 Å². The van der Waals surface area contributed by atoms with Crippen LogP contribution in [0.15, 0.2) is 48.5 Å². The molecule has 0 radical (unpaired) electrons.